The Kier molecular flexibility index (Phi) is 7.14. The van der Waals surface area contributed by atoms with Crippen LogP contribution in [0.2, 0.25) is 15.1 Å². The van der Waals surface area contributed by atoms with E-state index in [2.05, 4.69) is 11.8 Å². The minimum Gasteiger partial charge on any atom is -0.360 e. The summed E-state index contributed by atoms with van der Waals surface area (Å²) in [7, 11) is 0. The molecule has 1 unspecified atom stereocenters. The number of amides is 1. The summed E-state index contributed by atoms with van der Waals surface area (Å²) in [6.07, 6.45) is 1.92. The maximum atomic E-state index is 12.9. The number of nitrogens with zero attached hydrogens (tertiary/aromatic N) is 2. The van der Waals surface area contributed by atoms with Gasteiger partial charge in [-0.1, -0.05) is 67.2 Å². The minimum absolute atomic E-state index is 0.00229. The second-order valence-corrected chi connectivity index (χ2v) is 8.61. The first-order chi connectivity index (χ1) is 13.4. The molecule has 150 valence electrons. The van der Waals surface area contributed by atoms with E-state index in [1.165, 1.54) is 0 Å². The molecule has 1 heterocycles. The summed E-state index contributed by atoms with van der Waals surface area (Å²) in [5, 5.41) is 1.92. The summed E-state index contributed by atoms with van der Waals surface area (Å²) in [5.41, 5.74) is 2.04. The fourth-order valence-electron chi connectivity index (χ4n) is 3.82. The molecule has 3 nitrogen and oxygen atoms in total. The third-order valence-corrected chi connectivity index (χ3v) is 6.10. The number of hydrogen-bond donors (Lipinski definition) is 0. The summed E-state index contributed by atoms with van der Waals surface area (Å²) < 4.78 is 0. The van der Waals surface area contributed by atoms with Crippen molar-refractivity contribution in [2.45, 2.75) is 32.7 Å². The van der Waals surface area contributed by atoms with Crippen molar-refractivity contribution in [1.82, 2.24) is 4.90 Å². The molecule has 28 heavy (non-hydrogen) atoms. The van der Waals surface area contributed by atoms with E-state index in [1.807, 2.05) is 48.2 Å². The molecule has 0 spiro atoms. The Morgan fingerprint density at radius 1 is 1.07 bits per heavy atom. The van der Waals surface area contributed by atoms with Crippen molar-refractivity contribution in [3.05, 3.63) is 63.1 Å². The van der Waals surface area contributed by atoms with Crippen molar-refractivity contribution in [3.63, 3.8) is 0 Å². The average molecular weight is 440 g/mol. The number of halogens is 3. The molecule has 0 saturated carbocycles. The maximum absolute atomic E-state index is 12.9. The highest BCUT2D eigenvalue weighted by Gasteiger charge is 2.33. The van der Waals surface area contributed by atoms with E-state index in [9.17, 15) is 4.79 Å². The molecule has 0 N–H and O–H groups in total. The first-order valence-electron chi connectivity index (χ1n) is 9.66. The molecule has 0 aliphatic carbocycles. The van der Waals surface area contributed by atoms with Crippen molar-refractivity contribution in [3.8, 4) is 0 Å². The van der Waals surface area contributed by atoms with Crippen molar-refractivity contribution in [1.29, 1.82) is 0 Å². The predicted molar refractivity (Wildman–Crippen MR) is 119 cm³/mol. The molecule has 3 rings (SSSR count). The van der Waals surface area contributed by atoms with Crippen LogP contribution in [-0.4, -0.2) is 30.4 Å². The van der Waals surface area contributed by atoms with Crippen LogP contribution < -0.4 is 4.90 Å². The van der Waals surface area contributed by atoms with Gasteiger partial charge in [-0.3, -0.25) is 4.79 Å². The SMILES string of the molecule is CCCC(C)C(=O)N1CCN(c2ccc(Cl)cc2Cl)[C@H](c2ccc(Cl)cc2)C1. The first kappa shape index (κ1) is 21.3. The molecule has 1 aliphatic rings. The van der Waals surface area contributed by atoms with E-state index in [1.54, 1.807) is 6.07 Å². The van der Waals surface area contributed by atoms with Gasteiger partial charge in [-0.05, 0) is 42.3 Å². The van der Waals surface area contributed by atoms with Gasteiger partial charge in [0.25, 0.3) is 0 Å². The van der Waals surface area contributed by atoms with Crippen LogP contribution in [0.5, 0.6) is 0 Å². The molecule has 2 atom stereocenters. The van der Waals surface area contributed by atoms with E-state index < -0.39 is 0 Å². The lowest BCUT2D eigenvalue weighted by Gasteiger charge is -2.44. The highest BCUT2D eigenvalue weighted by molar-refractivity contribution is 6.36. The van der Waals surface area contributed by atoms with Gasteiger partial charge in [0.15, 0.2) is 0 Å². The van der Waals surface area contributed by atoms with Gasteiger partial charge >= 0.3 is 0 Å². The van der Waals surface area contributed by atoms with E-state index in [0.29, 0.717) is 34.7 Å². The smallest absolute Gasteiger partial charge is 0.225 e. The summed E-state index contributed by atoms with van der Waals surface area (Å²) in [5.74, 6) is 0.268. The molecule has 0 aromatic heterocycles. The van der Waals surface area contributed by atoms with Gasteiger partial charge in [-0.2, -0.15) is 0 Å². The van der Waals surface area contributed by atoms with Gasteiger partial charge in [0.05, 0.1) is 16.8 Å². The second kappa shape index (κ2) is 9.39. The number of piperazine rings is 1. The van der Waals surface area contributed by atoms with Gasteiger partial charge in [0, 0.05) is 35.6 Å². The third-order valence-electron chi connectivity index (χ3n) is 5.31. The first-order valence-corrected chi connectivity index (χ1v) is 10.8. The van der Waals surface area contributed by atoms with E-state index >= 15 is 0 Å². The topological polar surface area (TPSA) is 23.6 Å². The molecular weight excluding hydrogens is 415 g/mol. The zero-order chi connectivity index (χ0) is 20.3. The standard InChI is InChI=1S/C22H25Cl3N2O/c1-3-4-15(2)22(28)26-11-12-27(20-10-9-18(24)13-19(20)25)21(14-26)16-5-7-17(23)8-6-16/h5-10,13,15,21H,3-4,11-12,14H2,1-2H3/t15?,21-/m0/s1. The summed E-state index contributed by atoms with van der Waals surface area (Å²) >= 11 is 18.7. The number of hydrogen-bond acceptors (Lipinski definition) is 2. The van der Waals surface area contributed by atoms with E-state index in [4.69, 9.17) is 34.8 Å². The number of rotatable bonds is 5. The normalized spacial score (nSPS) is 18.2. The fraction of sp³-hybridized carbons (Fsp3) is 0.409. The van der Waals surface area contributed by atoms with E-state index in [-0.39, 0.29) is 17.9 Å². The Balaban J connectivity index is 1.92. The second-order valence-electron chi connectivity index (χ2n) is 7.33. The van der Waals surface area contributed by atoms with Crippen LogP contribution in [0.15, 0.2) is 42.5 Å². The zero-order valence-electron chi connectivity index (χ0n) is 16.2. The Bertz CT molecular complexity index is 825. The van der Waals surface area contributed by atoms with E-state index in [0.717, 1.165) is 24.1 Å². The quantitative estimate of drug-likeness (QED) is 0.533. The largest absolute Gasteiger partial charge is 0.360 e. The van der Waals surface area contributed by atoms with Crippen LogP contribution in [0.4, 0.5) is 5.69 Å². The monoisotopic (exact) mass is 438 g/mol. The van der Waals surface area contributed by atoms with Crippen LogP contribution in [0.1, 0.15) is 38.3 Å². The Morgan fingerprint density at radius 2 is 1.75 bits per heavy atom. The molecule has 2 aromatic carbocycles. The lowest BCUT2D eigenvalue weighted by atomic mass is 9.98. The van der Waals surface area contributed by atoms with Gasteiger partial charge in [0.2, 0.25) is 5.91 Å². The lowest BCUT2D eigenvalue weighted by Crippen LogP contribution is -2.52. The molecule has 0 bridgehead atoms. The Hall–Kier alpha value is -1.42. The van der Waals surface area contributed by atoms with Crippen LogP contribution in [0.25, 0.3) is 0 Å². The van der Waals surface area contributed by atoms with Crippen molar-refractivity contribution in [2.75, 3.05) is 24.5 Å². The Labute approximate surface area is 182 Å². The van der Waals surface area contributed by atoms with Crippen LogP contribution in [0, 0.1) is 5.92 Å². The van der Waals surface area contributed by atoms with Crippen LogP contribution in [-0.2, 0) is 4.79 Å². The number of carbonyl (C=O) groups excluding carboxylic acids is 1. The summed E-state index contributed by atoms with van der Waals surface area (Å²) in [6.45, 7) is 6.13. The fourth-order valence-corrected chi connectivity index (χ4v) is 4.47. The summed E-state index contributed by atoms with van der Waals surface area (Å²) in [6, 6.07) is 13.4. The Morgan fingerprint density at radius 3 is 2.39 bits per heavy atom. The number of carbonyl (C=O) groups is 1. The molecule has 1 saturated heterocycles. The molecule has 2 aromatic rings. The molecule has 1 fully saturated rings. The maximum Gasteiger partial charge on any atom is 0.225 e. The lowest BCUT2D eigenvalue weighted by molar-refractivity contribution is -0.136. The van der Waals surface area contributed by atoms with Gasteiger partial charge in [-0.15, -0.1) is 0 Å². The highest BCUT2D eigenvalue weighted by atomic mass is 35.5. The third kappa shape index (κ3) is 4.76. The zero-order valence-corrected chi connectivity index (χ0v) is 18.4. The van der Waals surface area contributed by atoms with Gasteiger partial charge < -0.3 is 9.80 Å². The molecule has 1 amide bonds. The van der Waals surface area contributed by atoms with Gasteiger partial charge in [0.1, 0.15) is 0 Å². The summed E-state index contributed by atoms with van der Waals surface area (Å²) in [4.78, 5) is 17.2. The predicted octanol–water partition coefficient (Wildman–Crippen LogP) is 6.47. The molecule has 1 aliphatic heterocycles. The number of benzene rings is 2. The minimum atomic E-state index is 0.00229. The van der Waals surface area contributed by atoms with Crippen molar-refractivity contribution >= 4 is 46.4 Å². The van der Waals surface area contributed by atoms with Crippen LogP contribution >= 0.6 is 34.8 Å². The van der Waals surface area contributed by atoms with Crippen molar-refractivity contribution in [2.24, 2.45) is 5.92 Å². The highest BCUT2D eigenvalue weighted by Crippen LogP contribution is 2.37. The van der Waals surface area contributed by atoms with Crippen LogP contribution in [0.3, 0.4) is 0 Å². The molecule has 6 heteroatoms. The van der Waals surface area contributed by atoms with Gasteiger partial charge in [-0.25, -0.2) is 0 Å². The molecule has 0 radical (unpaired) electrons. The number of anilines is 1. The molecular formula is C22H25Cl3N2O. The van der Waals surface area contributed by atoms with Crippen molar-refractivity contribution < 1.29 is 4.79 Å². The average Bonchev–Trinajstić information content (AvgIpc) is 2.68.